The summed E-state index contributed by atoms with van der Waals surface area (Å²) >= 11 is 0. The van der Waals surface area contributed by atoms with E-state index in [1.807, 2.05) is 0 Å². The second kappa shape index (κ2) is 14.6. The molecule has 8 aromatic carbocycles. The molecule has 3 N–H and O–H groups in total. The molecule has 1 fully saturated rings. The van der Waals surface area contributed by atoms with Gasteiger partial charge in [0.05, 0.1) is 29.5 Å². The van der Waals surface area contributed by atoms with Crippen LogP contribution in [0.25, 0.3) is 88.1 Å². The number of rotatable bonds is 6. The van der Waals surface area contributed by atoms with Crippen molar-refractivity contribution in [2.45, 2.75) is 31.3 Å². The predicted molar refractivity (Wildman–Crippen MR) is 258 cm³/mol. The number of furan rings is 2. The standard InChI is InChI=1S/C57H42N4O2/c1-4-14-35(15-5-1)41-21-12-24-48-53(41)45-20-10-11-23-47(45)61(48)40-28-31-49-46(34-40)54-42(22-13-25-50(54)62-49)38-26-29-43-44-30-27-39(33-52(44)63-51(43)32-38)57-59-55(36-16-6-2-7-17-36)58-56(60-57)37-18-8-3-9-19-37/h1-4,6-14,16-34,55-60H,5,15H2. The molecular weight excluding hydrogens is 773 g/mol. The number of allylic oxidation sites excluding steroid dienone is 4. The van der Waals surface area contributed by atoms with E-state index >= 15 is 0 Å². The number of para-hydroxylation sites is 1. The van der Waals surface area contributed by atoms with Crippen molar-refractivity contribution >= 4 is 71.3 Å². The van der Waals surface area contributed by atoms with Gasteiger partial charge in [-0.2, -0.15) is 0 Å². The van der Waals surface area contributed by atoms with E-state index in [9.17, 15) is 0 Å². The Kier molecular flexibility index (Phi) is 8.37. The number of nitrogens with zero attached hydrogens (tertiary/aromatic N) is 1. The number of hydrogen-bond acceptors (Lipinski definition) is 5. The van der Waals surface area contributed by atoms with Gasteiger partial charge in [-0.1, -0.05) is 140 Å². The van der Waals surface area contributed by atoms with Crippen LogP contribution in [0.2, 0.25) is 0 Å². The largest absolute Gasteiger partial charge is 0.456 e. The van der Waals surface area contributed by atoms with E-state index in [-0.39, 0.29) is 18.5 Å². The third-order valence-electron chi connectivity index (χ3n) is 13.2. The molecule has 0 radical (unpaired) electrons. The lowest BCUT2D eigenvalue weighted by atomic mass is 9.93. The van der Waals surface area contributed by atoms with Crippen molar-refractivity contribution < 1.29 is 8.83 Å². The minimum absolute atomic E-state index is 0.0498. The summed E-state index contributed by atoms with van der Waals surface area (Å²) in [5.74, 6) is 0. The maximum Gasteiger partial charge on any atom is 0.136 e. The minimum Gasteiger partial charge on any atom is -0.456 e. The van der Waals surface area contributed by atoms with Crippen LogP contribution in [0, 0.1) is 0 Å². The molecule has 0 spiro atoms. The summed E-state index contributed by atoms with van der Waals surface area (Å²) in [5.41, 5.74) is 15.3. The van der Waals surface area contributed by atoms with Crippen molar-refractivity contribution in [2.75, 3.05) is 0 Å². The molecule has 1 aliphatic heterocycles. The first-order valence-electron chi connectivity index (χ1n) is 21.9. The molecule has 0 bridgehead atoms. The Morgan fingerprint density at radius 1 is 0.444 bits per heavy atom. The van der Waals surface area contributed by atoms with E-state index in [0.717, 1.165) is 79.1 Å². The maximum atomic E-state index is 6.75. The molecule has 13 rings (SSSR count). The van der Waals surface area contributed by atoms with Crippen LogP contribution in [0.3, 0.4) is 0 Å². The van der Waals surface area contributed by atoms with Crippen molar-refractivity contribution in [3.05, 3.63) is 216 Å². The van der Waals surface area contributed by atoms with Gasteiger partial charge in [-0.15, -0.1) is 0 Å². The normalized spacial score (nSPS) is 18.0. The average Bonchev–Trinajstić information content (AvgIpc) is 4.03. The Morgan fingerprint density at radius 2 is 1.11 bits per heavy atom. The molecule has 6 nitrogen and oxygen atoms in total. The van der Waals surface area contributed by atoms with Gasteiger partial charge in [-0.25, -0.2) is 0 Å². The Bertz CT molecular complexity index is 3580. The zero-order chi connectivity index (χ0) is 41.4. The fraction of sp³-hybridized carbons (Fsp3) is 0.0877. The highest BCUT2D eigenvalue weighted by Crippen LogP contribution is 2.43. The van der Waals surface area contributed by atoms with Crippen LogP contribution in [0.4, 0.5) is 0 Å². The highest BCUT2D eigenvalue weighted by molar-refractivity contribution is 6.16. The van der Waals surface area contributed by atoms with Crippen LogP contribution >= 0.6 is 0 Å². The molecule has 6 heteroatoms. The molecule has 1 aliphatic carbocycles. The molecule has 2 unspecified atom stereocenters. The van der Waals surface area contributed by atoms with Crippen molar-refractivity contribution in [1.29, 1.82) is 0 Å². The summed E-state index contributed by atoms with van der Waals surface area (Å²) in [4.78, 5) is 0. The minimum atomic E-state index is -0.122. The molecule has 302 valence electrons. The number of aromatic nitrogens is 1. The van der Waals surface area contributed by atoms with Gasteiger partial charge in [-0.3, -0.25) is 16.0 Å². The maximum absolute atomic E-state index is 6.75. The predicted octanol–water partition coefficient (Wildman–Crippen LogP) is 14.2. The van der Waals surface area contributed by atoms with Gasteiger partial charge in [0.2, 0.25) is 0 Å². The molecule has 4 heterocycles. The molecule has 11 aromatic rings. The third-order valence-corrected chi connectivity index (χ3v) is 13.2. The topological polar surface area (TPSA) is 67.3 Å². The third kappa shape index (κ3) is 5.98. The molecule has 63 heavy (non-hydrogen) atoms. The monoisotopic (exact) mass is 814 g/mol. The van der Waals surface area contributed by atoms with Gasteiger partial charge in [0, 0.05) is 38.0 Å². The smallest absolute Gasteiger partial charge is 0.136 e. The molecule has 2 aliphatic rings. The van der Waals surface area contributed by atoms with Gasteiger partial charge < -0.3 is 13.4 Å². The molecular formula is C57H42N4O2. The van der Waals surface area contributed by atoms with Gasteiger partial charge in [-0.05, 0) is 106 Å². The van der Waals surface area contributed by atoms with Crippen LogP contribution in [0.15, 0.2) is 203 Å². The Balaban J connectivity index is 0.898. The zero-order valence-corrected chi connectivity index (χ0v) is 34.4. The lowest BCUT2D eigenvalue weighted by molar-refractivity contribution is 0.203. The van der Waals surface area contributed by atoms with E-state index in [1.165, 1.54) is 44.1 Å². The summed E-state index contributed by atoms with van der Waals surface area (Å²) in [5, 5.41) is 18.3. The van der Waals surface area contributed by atoms with E-state index in [2.05, 4.69) is 215 Å². The zero-order valence-electron chi connectivity index (χ0n) is 34.4. The van der Waals surface area contributed by atoms with E-state index in [1.54, 1.807) is 0 Å². The molecule has 2 atom stereocenters. The quantitative estimate of drug-likeness (QED) is 0.156. The lowest BCUT2D eigenvalue weighted by Gasteiger charge is -2.39. The SMILES string of the molecule is C1=CCCC(c2cccc3c2c2ccccc2n3-c2ccc3oc4cccc(-c5ccc6c(c5)oc5cc(C7NC(c8ccccc8)NC(c8ccccc8)N7)ccc56)c4c3c2)=C1. The van der Waals surface area contributed by atoms with Crippen LogP contribution in [0.5, 0.6) is 0 Å². The van der Waals surface area contributed by atoms with E-state index in [0.29, 0.717) is 0 Å². The lowest BCUT2D eigenvalue weighted by Crippen LogP contribution is -2.54. The average molecular weight is 815 g/mol. The second-order valence-corrected chi connectivity index (χ2v) is 16.9. The first-order chi connectivity index (χ1) is 31.2. The number of benzene rings is 8. The summed E-state index contributed by atoms with van der Waals surface area (Å²) in [6, 6.07) is 62.9. The van der Waals surface area contributed by atoms with Crippen LogP contribution in [-0.2, 0) is 0 Å². The van der Waals surface area contributed by atoms with Crippen molar-refractivity contribution in [3.63, 3.8) is 0 Å². The first kappa shape index (κ1) is 36.2. The Hall–Kier alpha value is -7.48. The molecule has 1 saturated heterocycles. The van der Waals surface area contributed by atoms with Crippen LogP contribution < -0.4 is 16.0 Å². The number of nitrogens with one attached hydrogen (secondary N) is 3. The second-order valence-electron chi connectivity index (χ2n) is 16.9. The molecule has 0 amide bonds. The Labute approximate surface area is 363 Å². The van der Waals surface area contributed by atoms with Gasteiger partial charge >= 0.3 is 0 Å². The van der Waals surface area contributed by atoms with Crippen molar-refractivity contribution in [2.24, 2.45) is 0 Å². The van der Waals surface area contributed by atoms with Crippen molar-refractivity contribution in [1.82, 2.24) is 20.5 Å². The fourth-order valence-corrected chi connectivity index (χ4v) is 10.2. The van der Waals surface area contributed by atoms with Crippen LogP contribution in [0.1, 0.15) is 53.6 Å². The first-order valence-corrected chi connectivity index (χ1v) is 21.9. The van der Waals surface area contributed by atoms with E-state index < -0.39 is 0 Å². The van der Waals surface area contributed by atoms with Crippen LogP contribution in [-0.4, -0.2) is 4.57 Å². The molecule has 0 saturated carbocycles. The number of hydrogen-bond donors (Lipinski definition) is 3. The fourth-order valence-electron chi connectivity index (χ4n) is 10.2. The summed E-state index contributed by atoms with van der Waals surface area (Å²) in [7, 11) is 0. The summed E-state index contributed by atoms with van der Waals surface area (Å²) < 4.78 is 15.7. The van der Waals surface area contributed by atoms with Gasteiger partial charge in [0.15, 0.2) is 0 Å². The highest BCUT2D eigenvalue weighted by atomic mass is 16.3. The summed E-state index contributed by atoms with van der Waals surface area (Å²) in [6.45, 7) is 0. The van der Waals surface area contributed by atoms with E-state index in [4.69, 9.17) is 8.83 Å². The van der Waals surface area contributed by atoms with Gasteiger partial charge in [0.1, 0.15) is 22.3 Å². The van der Waals surface area contributed by atoms with Gasteiger partial charge in [0.25, 0.3) is 0 Å². The highest BCUT2D eigenvalue weighted by Gasteiger charge is 2.30. The molecule has 3 aromatic heterocycles. The Morgan fingerprint density at radius 3 is 1.89 bits per heavy atom. The number of fused-ring (bicyclic) bond motifs is 9. The summed E-state index contributed by atoms with van der Waals surface area (Å²) in [6.07, 6.45) is 8.62. The van der Waals surface area contributed by atoms with Crippen molar-refractivity contribution in [3.8, 4) is 16.8 Å².